The number of hydrogen-bond donors (Lipinski definition) is 2. The standard InChI is InChI=1S/C29H22F3N5O2/c30-20-10-17(11-21(31)14-20)12-25(36-27(38)16-37-9-6-19-15-34-8-5-26(19)37)28-22(2-1-7-35-28)18-3-4-24(32)23(13-18)29(33)39/h1-11,13-15,25H,12,16H2,(H2,33,39)(H,36,38)/t25-/m0/s1. The summed E-state index contributed by atoms with van der Waals surface area (Å²) in [5, 5.41) is 3.80. The summed E-state index contributed by atoms with van der Waals surface area (Å²) in [6, 6.07) is 13.1. The van der Waals surface area contributed by atoms with Crippen molar-refractivity contribution in [3.8, 4) is 11.1 Å². The Morgan fingerprint density at radius 3 is 2.54 bits per heavy atom. The van der Waals surface area contributed by atoms with Gasteiger partial charge in [0, 0.05) is 41.8 Å². The highest BCUT2D eigenvalue weighted by Crippen LogP contribution is 2.30. The number of nitrogens with two attached hydrogens (primary N) is 1. The lowest BCUT2D eigenvalue weighted by atomic mass is 9.94. The molecule has 3 aromatic heterocycles. The van der Waals surface area contributed by atoms with Gasteiger partial charge in [-0.15, -0.1) is 0 Å². The number of hydrogen-bond acceptors (Lipinski definition) is 4. The highest BCUT2D eigenvalue weighted by molar-refractivity contribution is 5.94. The number of carbonyl (C=O) groups excluding carboxylic acids is 2. The van der Waals surface area contributed by atoms with Crippen LogP contribution in [-0.2, 0) is 17.8 Å². The van der Waals surface area contributed by atoms with Crippen molar-refractivity contribution < 1.29 is 22.8 Å². The zero-order valence-electron chi connectivity index (χ0n) is 20.4. The highest BCUT2D eigenvalue weighted by atomic mass is 19.1. The summed E-state index contributed by atoms with van der Waals surface area (Å²) in [6.45, 7) is -0.0357. The second kappa shape index (κ2) is 10.8. The summed E-state index contributed by atoms with van der Waals surface area (Å²) in [5.74, 6) is -3.60. The van der Waals surface area contributed by atoms with Crippen LogP contribution in [0.5, 0.6) is 0 Å². The lowest BCUT2D eigenvalue weighted by Crippen LogP contribution is -2.33. The van der Waals surface area contributed by atoms with Crippen molar-refractivity contribution >= 4 is 22.7 Å². The summed E-state index contributed by atoms with van der Waals surface area (Å²) in [7, 11) is 0. The normalized spacial score (nSPS) is 11.9. The maximum atomic E-state index is 14.2. The van der Waals surface area contributed by atoms with Crippen molar-refractivity contribution in [3.63, 3.8) is 0 Å². The molecule has 0 bridgehead atoms. The summed E-state index contributed by atoms with van der Waals surface area (Å²) >= 11 is 0. The molecule has 39 heavy (non-hydrogen) atoms. The number of fused-ring (bicyclic) bond motifs is 1. The Hall–Kier alpha value is -4.99. The van der Waals surface area contributed by atoms with Crippen molar-refractivity contribution in [2.45, 2.75) is 19.0 Å². The third-order valence-electron chi connectivity index (χ3n) is 6.29. The topological polar surface area (TPSA) is 103 Å². The van der Waals surface area contributed by atoms with Gasteiger partial charge in [-0.1, -0.05) is 12.1 Å². The molecule has 1 atom stereocenters. The first-order valence-electron chi connectivity index (χ1n) is 12.0. The molecule has 0 saturated heterocycles. The number of halogens is 3. The predicted molar refractivity (Wildman–Crippen MR) is 139 cm³/mol. The van der Waals surface area contributed by atoms with Crippen LogP contribution in [0.15, 0.2) is 85.5 Å². The minimum absolute atomic E-state index is 0.00461. The van der Waals surface area contributed by atoms with Gasteiger partial charge >= 0.3 is 0 Å². The number of nitrogens with zero attached hydrogens (tertiary/aromatic N) is 3. The van der Waals surface area contributed by atoms with E-state index in [1.54, 1.807) is 41.4 Å². The van der Waals surface area contributed by atoms with Crippen molar-refractivity contribution in [3.05, 3.63) is 120 Å². The van der Waals surface area contributed by atoms with Crippen LogP contribution in [-0.4, -0.2) is 26.3 Å². The zero-order valence-corrected chi connectivity index (χ0v) is 20.4. The first-order chi connectivity index (χ1) is 18.8. The molecule has 3 N–H and O–H groups in total. The van der Waals surface area contributed by atoms with Crippen LogP contribution in [0.4, 0.5) is 13.2 Å². The Morgan fingerprint density at radius 1 is 0.974 bits per heavy atom. The third kappa shape index (κ3) is 5.64. The average molecular weight is 530 g/mol. The largest absolute Gasteiger partial charge is 0.366 e. The van der Waals surface area contributed by atoms with Gasteiger partial charge in [-0.2, -0.15) is 0 Å². The fourth-order valence-corrected chi connectivity index (χ4v) is 4.57. The van der Waals surface area contributed by atoms with Crippen LogP contribution >= 0.6 is 0 Å². The third-order valence-corrected chi connectivity index (χ3v) is 6.29. The van der Waals surface area contributed by atoms with E-state index in [9.17, 15) is 22.8 Å². The van der Waals surface area contributed by atoms with E-state index in [2.05, 4.69) is 15.3 Å². The van der Waals surface area contributed by atoms with Gasteiger partial charge in [0.15, 0.2) is 0 Å². The first-order valence-corrected chi connectivity index (χ1v) is 12.0. The average Bonchev–Trinajstić information content (AvgIpc) is 3.30. The maximum Gasteiger partial charge on any atom is 0.251 e. The van der Waals surface area contributed by atoms with E-state index < -0.39 is 29.4 Å². The Bertz CT molecular complexity index is 1680. The number of primary amides is 1. The zero-order chi connectivity index (χ0) is 27.5. The number of aromatic nitrogens is 3. The molecule has 0 aliphatic heterocycles. The molecule has 196 valence electrons. The molecule has 10 heteroatoms. The Kier molecular flexibility index (Phi) is 7.09. The predicted octanol–water partition coefficient (Wildman–Crippen LogP) is 4.71. The van der Waals surface area contributed by atoms with Crippen molar-refractivity contribution in [1.29, 1.82) is 0 Å². The van der Waals surface area contributed by atoms with Crippen LogP contribution in [0.25, 0.3) is 22.0 Å². The lowest BCUT2D eigenvalue weighted by Gasteiger charge is -2.22. The van der Waals surface area contributed by atoms with Gasteiger partial charge in [0.1, 0.15) is 24.0 Å². The van der Waals surface area contributed by atoms with Crippen molar-refractivity contribution in [1.82, 2.24) is 19.9 Å². The molecular formula is C29H22F3N5O2. The maximum absolute atomic E-state index is 14.2. The molecule has 5 rings (SSSR count). The monoisotopic (exact) mass is 529 g/mol. The van der Waals surface area contributed by atoms with Crippen LogP contribution in [0.1, 0.15) is 27.7 Å². The molecule has 0 aliphatic carbocycles. The number of rotatable bonds is 8. The van der Waals surface area contributed by atoms with Gasteiger partial charge in [-0.3, -0.25) is 19.6 Å². The molecule has 0 radical (unpaired) electrons. The van der Waals surface area contributed by atoms with E-state index in [1.807, 2.05) is 6.07 Å². The molecule has 2 aromatic carbocycles. The van der Waals surface area contributed by atoms with Gasteiger partial charge in [0.25, 0.3) is 5.91 Å². The minimum Gasteiger partial charge on any atom is -0.366 e. The Morgan fingerprint density at radius 2 is 1.77 bits per heavy atom. The number of pyridine rings is 2. The number of amides is 2. The fourth-order valence-electron chi connectivity index (χ4n) is 4.57. The molecule has 3 heterocycles. The van der Waals surface area contributed by atoms with Crippen LogP contribution in [0.2, 0.25) is 0 Å². The highest BCUT2D eigenvalue weighted by Gasteiger charge is 2.23. The number of benzene rings is 2. The fraction of sp³-hybridized carbons (Fsp3) is 0.103. The lowest BCUT2D eigenvalue weighted by molar-refractivity contribution is -0.122. The SMILES string of the molecule is NC(=O)c1cc(-c2cccnc2[C@H](Cc2cc(F)cc(F)c2)NC(=O)Cn2ccc3cnccc32)ccc1F. The second-order valence-corrected chi connectivity index (χ2v) is 8.98. The van der Waals surface area contributed by atoms with Crippen LogP contribution in [0.3, 0.4) is 0 Å². The summed E-state index contributed by atoms with van der Waals surface area (Å²) in [5.41, 5.74) is 7.42. The molecule has 0 unspecified atom stereocenters. The molecule has 0 spiro atoms. The van der Waals surface area contributed by atoms with Gasteiger partial charge in [-0.25, -0.2) is 13.2 Å². The van der Waals surface area contributed by atoms with Gasteiger partial charge in [-0.05, 0) is 60.0 Å². The number of nitrogens with one attached hydrogen (secondary N) is 1. The summed E-state index contributed by atoms with van der Waals surface area (Å²) in [6.07, 6.45) is 6.59. The van der Waals surface area contributed by atoms with E-state index >= 15 is 0 Å². The van der Waals surface area contributed by atoms with E-state index in [0.717, 1.165) is 23.0 Å². The van der Waals surface area contributed by atoms with E-state index in [-0.39, 0.29) is 24.4 Å². The quantitative estimate of drug-likeness (QED) is 0.304. The molecule has 2 amide bonds. The smallest absolute Gasteiger partial charge is 0.251 e. The summed E-state index contributed by atoms with van der Waals surface area (Å²) < 4.78 is 44.0. The van der Waals surface area contributed by atoms with Crippen LogP contribution < -0.4 is 11.1 Å². The summed E-state index contributed by atoms with van der Waals surface area (Å²) in [4.78, 5) is 33.6. The van der Waals surface area contributed by atoms with Crippen molar-refractivity contribution in [2.75, 3.05) is 0 Å². The van der Waals surface area contributed by atoms with E-state index in [1.165, 1.54) is 30.5 Å². The second-order valence-electron chi connectivity index (χ2n) is 8.98. The number of carbonyl (C=O) groups is 2. The molecule has 7 nitrogen and oxygen atoms in total. The van der Waals surface area contributed by atoms with E-state index in [0.29, 0.717) is 22.4 Å². The molecule has 0 fully saturated rings. The minimum atomic E-state index is -0.936. The van der Waals surface area contributed by atoms with Gasteiger partial charge in [0.05, 0.1) is 22.8 Å². The molecule has 0 aliphatic rings. The van der Waals surface area contributed by atoms with Crippen molar-refractivity contribution in [2.24, 2.45) is 5.73 Å². The Labute approximate surface area is 221 Å². The molecule has 0 saturated carbocycles. The van der Waals surface area contributed by atoms with Gasteiger partial charge < -0.3 is 15.6 Å². The van der Waals surface area contributed by atoms with Crippen LogP contribution in [0, 0.1) is 17.5 Å². The molecular weight excluding hydrogens is 507 g/mol. The first kappa shape index (κ1) is 25.7. The molecule has 5 aromatic rings. The Balaban J connectivity index is 1.53. The van der Waals surface area contributed by atoms with Gasteiger partial charge in [0.2, 0.25) is 5.91 Å². The van der Waals surface area contributed by atoms with E-state index in [4.69, 9.17) is 5.73 Å².